The van der Waals surface area contributed by atoms with Crippen LogP contribution in [0.2, 0.25) is 0 Å². The molecular formula is C25H24NP. The summed E-state index contributed by atoms with van der Waals surface area (Å²) in [5, 5.41) is 2.87. The second kappa shape index (κ2) is 8.05. The average Bonchev–Trinajstić information content (AvgIpc) is 2.74. The zero-order valence-corrected chi connectivity index (χ0v) is 16.7. The predicted octanol–water partition coefficient (Wildman–Crippen LogP) is 6.82. The lowest BCUT2D eigenvalue weighted by molar-refractivity contribution is 0.690. The van der Waals surface area contributed by atoms with Gasteiger partial charge in [-0.2, -0.15) is 0 Å². The van der Waals surface area contributed by atoms with Gasteiger partial charge in [0.25, 0.3) is 0 Å². The molecule has 0 saturated carbocycles. The van der Waals surface area contributed by atoms with Crippen molar-refractivity contribution in [2.45, 2.75) is 5.92 Å². The quantitative estimate of drug-likeness (QED) is 0.456. The Kier molecular flexibility index (Phi) is 5.34. The molecule has 134 valence electrons. The molecule has 0 spiro atoms. The maximum Gasteiger partial charge on any atom is 0.0282 e. The minimum absolute atomic E-state index is 0.287. The number of nitrogens with zero attached hydrogens (tertiary/aromatic N) is 1. The molecule has 0 radical (unpaired) electrons. The van der Waals surface area contributed by atoms with Gasteiger partial charge in [0, 0.05) is 14.0 Å². The fourth-order valence-corrected chi connectivity index (χ4v) is 6.13. The van der Waals surface area contributed by atoms with E-state index in [2.05, 4.69) is 122 Å². The van der Waals surface area contributed by atoms with E-state index in [9.17, 15) is 0 Å². The van der Waals surface area contributed by atoms with E-state index < -0.39 is 8.07 Å². The van der Waals surface area contributed by atoms with Gasteiger partial charge >= 0.3 is 0 Å². The summed E-state index contributed by atoms with van der Waals surface area (Å²) in [6.45, 7) is 0. The molecule has 3 aromatic carbocycles. The third kappa shape index (κ3) is 3.81. The van der Waals surface area contributed by atoms with E-state index in [1.165, 1.54) is 27.3 Å². The SMILES string of the molecule is CN(C)P1C(c2ccccc2)=CC(c2ccccc2)C=C1c1ccccc1. The molecular weight excluding hydrogens is 345 g/mol. The molecule has 0 saturated heterocycles. The van der Waals surface area contributed by atoms with E-state index in [1.807, 2.05) is 0 Å². The Labute approximate surface area is 163 Å². The second-order valence-corrected chi connectivity index (χ2v) is 9.32. The van der Waals surface area contributed by atoms with Crippen LogP contribution in [0.3, 0.4) is 0 Å². The Morgan fingerprint density at radius 1 is 0.593 bits per heavy atom. The Balaban J connectivity index is 1.89. The largest absolute Gasteiger partial charge is 0.281 e. The Bertz CT molecular complexity index is 886. The first-order valence-electron chi connectivity index (χ1n) is 9.31. The maximum atomic E-state index is 2.46. The smallest absolute Gasteiger partial charge is 0.0282 e. The Morgan fingerprint density at radius 3 is 1.41 bits per heavy atom. The van der Waals surface area contributed by atoms with Gasteiger partial charge in [-0.25, -0.2) is 0 Å². The van der Waals surface area contributed by atoms with Crippen LogP contribution in [0.25, 0.3) is 10.6 Å². The third-order valence-electron chi connectivity index (χ3n) is 4.85. The summed E-state index contributed by atoms with van der Waals surface area (Å²) in [6.07, 6.45) is 4.92. The topological polar surface area (TPSA) is 3.24 Å². The highest BCUT2D eigenvalue weighted by Crippen LogP contribution is 2.65. The summed E-state index contributed by atoms with van der Waals surface area (Å²) in [6, 6.07) is 32.5. The fraction of sp³-hybridized carbons (Fsp3) is 0.120. The number of hydrogen-bond donors (Lipinski definition) is 0. The van der Waals surface area contributed by atoms with Crippen LogP contribution in [0.5, 0.6) is 0 Å². The standard InChI is InChI=1S/C25H24NP/c1-26(2)27-24(21-14-8-4-9-15-21)18-23(20-12-6-3-7-13-20)19-25(27)22-16-10-5-11-17-22/h3-19,23H,1-2H3. The molecule has 2 heteroatoms. The monoisotopic (exact) mass is 369 g/mol. The molecule has 3 aromatic rings. The van der Waals surface area contributed by atoms with Crippen LogP contribution < -0.4 is 0 Å². The highest BCUT2D eigenvalue weighted by molar-refractivity contribution is 7.76. The van der Waals surface area contributed by atoms with Gasteiger partial charge in [-0.15, -0.1) is 0 Å². The summed E-state index contributed by atoms with van der Waals surface area (Å²) < 4.78 is 2.38. The van der Waals surface area contributed by atoms with E-state index in [0.29, 0.717) is 0 Å². The van der Waals surface area contributed by atoms with Crippen LogP contribution in [-0.4, -0.2) is 18.8 Å². The lowest BCUT2D eigenvalue weighted by atomic mass is 9.95. The number of allylic oxidation sites excluding steroid dienone is 2. The third-order valence-corrected chi connectivity index (χ3v) is 7.38. The van der Waals surface area contributed by atoms with Gasteiger partial charge in [-0.05, 0) is 41.4 Å². The molecule has 0 atom stereocenters. The fourth-order valence-electron chi connectivity index (χ4n) is 3.61. The van der Waals surface area contributed by atoms with E-state index in [1.54, 1.807) is 0 Å². The van der Waals surface area contributed by atoms with Crippen molar-refractivity contribution in [3.8, 4) is 0 Å². The van der Waals surface area contributed by atoms with Crippen LogP contribution in [0.4, 0.5) is 0 Å². The first-order valence-corrected chi connectivity index (χ1v) is 10.6. The first-order chi connectivity index (χ1) is 13.2. The zero-order valence-electron chi connectivity index (χ0n) is 15.8. The molecule has 0 aliphatic carbocycles. The van der Waals surface area contributed by atoms with Crippen LogP contribution in [0, 0.1) is 0 Å². The molecule has 4 rings (SSSR count). The second-order valence-electron chi connectivity index (χ2n) is 6.93. The molecule has 1 nitrogen and oxygen atoms in total. The van der Waals surface area contributed by atoms with E-state index in [4.69, 9.17) is 0 Å². The molecule has 0 aromatic heterocycles. The summed E-state index contributed by atoms with van der Waals surface area (Å²) >= 11 is 0. The molecule has 0 N–H and O–H groups in total. The Hall–Kier alpha value is -2.47. The van der Waals surface area contributed by atoms with Crippen LogP contribution >= 0.6 is 8.07 Å². The van der Waals surface area contributed by atoms with Gasteiger partial charge in [0.05, 0.1) is 0 Å². The zero-order chi connectivity index (χ0) is 18.6. The molecule has 1 heterocycles. The van der Waals surface area contributed by atoms with E-state index >= 15 is 0 Å². The molecule has 0 bridgehead atoms. The van der Waals surface area contributed by atoms with Crippen molar-refractivity contribution in [2.24, 2.45) is 0 Å². The predicted molar refractivity (Wildman–Crippen MR) is 119 cm³/mol. The minimum Gasteiger partial charge on any atom is -0.281 e. The first kappa shape index (κ1) is 17.9. The summed E-state index contributed by atoms with van der Waals surface area (Å²) in [4.78, 5) is 0. The van der Waals surface area contributed by atoms with Crippen molar-refractivity contribution in [2.75, 3.05) is 14.1 Å². The molecule has 0 fully saturated rings. The lowest BCUT2D eigenvalue weighted by Gasteiger charge is -2.35. The summed E-state index contributed by atoms with van der Waals surface area (Å²) in [5.41, 5.74) is 3.98. The summed E-state index contributed by atoms with van der Waals surface area (Å²) in [5.74, 6) is 0.287. The molecule has 0 amide bonds. The van der Waals surface area contributed by atoms with Gasteiger partial charge in [-0.3, -0.25) is 4.67 Å². The van der Waals surface area contributed by atoms with Gasteiger partial charge in [-0.1, -0.05) is 103 Å². The normalized spacial score (nSPS) is 19.5. The molecule has 27 heavy (non-hydrogen) atoms. The van der Waals surface area contributed by atoms with Gasteiger partial charge < -0.3 is 0 Å². The van der Waals surface area contributed by atoms with Crippen LogP contribution in [0.1, 0.15) is 22.6 Å². The summed E-state index contributed by atoms with van der Waals surface area (Å²) in [7, 11) is 3.82. The molecule has 0 unspecified atom stereocenters. The number of benzene rings is 3. The maximum absolute atomic E-state index is 2.46. The highest BCUT2D eigenvalue weighted by atomic mass is 31.1. The number of hydrogen-bond acceptors (Lipinski definition) is 1. The Morgan fingerprint density at radius 2 is 1.00 bits per heavy atom. The van der Waals surface area contributed by atoms with Crippen molar-refractivity contribution in [1.82, 2.24) is 4.67 Å². The highest BCUT2D eigenvalue weighted by Gasteiger charge is 2.29. The van der Waals surface area contributed by atoms with Crippen molar-refractivity contribution < 1.29 is 0 Å². The average molecular weight is 369 g/mol. The lowest BCUT2D eigenvalue weighted by Crippen LogP contribution is -2.11. The van der Waals surface area contributed by atoms with Crippen molar-refractivity contribution in [3.63, 3.8) is 0 Å². The van der Waals surface area contributed by atoms with Crippen LogP contribution in [0.15, 0.2) is 103 Å². The van der Waals surface area contributed by atoms with Crippen molar-refractivity contribution in [3.05, 3.63) is 120 Å². The van der Waals surface area contributed by atoms with Gasteiger partial charge in [0.15, 0.2) is 0 Å². The van der Waals surface area contributed by atoms with E-state index in [-0.39, 0.29) is 5.92 Å². The van der Waals surface area contributed by atoms with E-state index in [0.717, 1.165) is 0 Å². The molecule has 1 aliphatic rings. The van der Waals surface area contributed by atoms with Crippen molar-refractivity contribution in [1.29, 1.82) is 0 Å². The minimum atomic E-state index is -0.572. The van der Waals surface area contributed by atoms with Crippen LogP contribution in [-0.2, 0) is 0 Å². The number of rotatable bonds is 4. The van der Waals surface area contributed by atoms with Gasteiger partial charge in [0.1, 0.15) is 0 Å². The molecule has 1 aliphatic heterocycles. The van der Waals surface area contributed by atoms with Crippen molar-refractivity contribution >= 4 is 18.7 Å². The van der Waals surface area contributed by atoms with Gasteiger partial charge in [0.2, 0.25) is 0 Å².